The van der Waals surface area contributed by atoms with E-state index in [9.17, 15) is 0 Å². The molecule has 1 aromatic carbocycles. The smallest absolute Gasteiger partial charge is 0.0811 e. The van der Waals surface area contributed by atoms with E-state index in [1.54, 1.807) is 18.4 Å². The molecule has 62 valence electrons. The van der Waals surface area contributed by atoms with Crippen molar-refractivity contribution in [1.82, 2.24) is 0 Å². The fraction of sp³-hybridized carbons (Fsp3) is 0.200. The van der Waals surface area contributed by atoms with Gasteiger partial charge in [0.05, 0.1) is 6.61 Å². The molecule has 0 aliphatic rings. The Labute approximate surface area is 75.6 Å². The highest BCUT2D eigenvalue weighted by Gasteiger charge is 2.01. The van der Waals surface area contributed by atoms with Gasteiger partial charge in [0, 0.05) is 12.0 Å². The molecule has 2 aromatic rings. The number of ether oxygens (including phenoxy) is 1. The number of rotatable bonds is 2. The molecule has 1 nitrogen and oxygen atoms in total. The van der Waals surface area contributed by atoms with E-state index >= 15 is 0 Å². The van der Waals surface area contributed by atoms with Crippen molar-refractivity contribution >= 4 is 22.1 Å². The Morgan fingerprint density at radius 2 is 2.17 bits per heavy atom. The maximum atomic E-state index is 5.10. The summed E-state index contributed by atoms with van der Waals surface area (Å²) in [6.07, 6.45) is 0. The molecule has 2 rings (SSSR count). The first-order chi connectivity index (χ1) is 5.92. The van der Waals surface area contributed by atoms with E-state index in [0.29, 0.717) is 0 Å². The van der Waals surface area contributed by atoms with Crippen LogP contribution < -0.4 is 0 Å². The quantitative estimate of drug-likeness (QED) is 0.686. The number of hydrogen-bond donors (Lipinski definition) is 0. The van der Waals surface area contributed by atoms with Crippen molar-refractivity contribution < 1.29 is 4.74 Å². The molecule has 1 heterocycles. The Kier molecular flexibility index (Phi) is 2.11. The Morgan fingerprint density at radius 3 is 3.00 bits per heavy atom. The summed E-state index contributed by atoms with van der Waals surface area (Å²) in [6.45, 7) is 0.720. The standard InChI is InChI=1S/C10H10OS/c1-11-6-10-9-5-3-2-4-8(9)7-12-10/h2-5,7H,6H2,1H3. The summed E-state index contributed by atoms with van der Waals surface area (Å²) in [5, 5.41) is 4.81. The van der Waals surface area contributed by atoms with Gasteiger partial charge in [-0.3, -0.25) is 0 Å². The van der Waals surface area contributed by atoms with Crippen molar-refractivity contribution in [1.29, 1.82) is 0 Å². The molecule has 2 heteroatoms. The van der Waals surface area contributed by atoms with Crippen molar-refractivity contribution in [3.8, 4) is 0 Å². The molecule has 0 amide bonds. The second-order valence-corrected chi connectivity index (χ2v) is 3.64. The Hall–Kier alpha value is -0.860. The van der Waals surface area contributed by atoms with E-state index in [1.165, 1.54) is 15.6 Å². The largest absolute Gasteiger partial charge is 0.379 e. The minimum atomic E-state index is 0.720. The van der Waals surface area contributed by atoms with E-state index in [4.69, 9.17) is 4.74 Å². The van der Waals surface area contributed by atoms with Gasteiger partial charge in [0.1, 0.15) is 0 Å². The van der Waals surface area contributed by atoms with Gasteiger partial charge in [-0.25, -0.2) is 0 Å². The van der Waals surface area contributed by atoms with Crippen molar-refractivity contribution in [3.63, 3.8) is 0 Å². The first-order valence-electron chi connectivity index (χ1n) is 3.86. The number of methoxy groups -OCH3 is 1. The van der Waals surface area contributed by atoms with Crippen LogP contribution in [-0.2, 0) is 11.3 Å². The lowest BCUT2D eigenvalue weighted by molar-refractivity contribution is 0.188. The lowest BCUT2D eigenvalue weighted by Crippen LogP contribution is -1.81. The molecule has 1 aromatic heterocycles. The van der Waals surface area contributed by atoms with E-state index in [0.717, 1.165) is 6.61 Å². The Morgan fingerprint density at radius 1 is 1.33 bits per heavy atom. The second-order valence-electron chi connectivity index (χ2n) is 2.68. The Bertz CT molecular complexity index is 378. The monoisotopic (exact) mass is 178 g/mol. The summed E-state index contributed by atoms with van der Waals surface area (Å²) in [6, 6.07) is 8.39. The van der Waals surface area contributed by atoms with Gasteiger partial charge in [0.2, 0.25) is 0 Å². The summed E-state index contributed by atoms with van der Waals surface area (Å²) >= 11 is 1.76. The molecule has 0 saturated heterocycles. The van der Waals surface area contributed by atoms with Gasteiger partial charge in [-0.1, -0.05) is 24.3 Å². The topological polar surface area (TPSA) is 9.23 Å². The molecule has 0 N–H and O–H groups in total. The molecule has 0 bridgehead atoms. The summed E-state index contributed by atoms with van der Waals surface area (Å²) in [5.41, 5.74) is 0. The third-order valence-electron chi connectivity index (χ3n) is 1.86. The molecular formula is C10H10OS. The van der Waals surface area contributed by atoms with E-state index < -0.39 is 0 Å². The van der Waals surface area contributed by atoms with Crippen LogP contribution in [-0.4, -0.2) is 7.11 Å². The van der Waals surface area contributed by atoms with Crippen molar-refractivity contribution in [2.75, 3.05) is 7.11 Å². The van der Waals surface area contributed by atoms with Gasteiger partial charge in [0.25, 0.3) is 0 Å². The van der Waals surface area contributed by atoms with Crippen LogP contribution in [0.5, 0.6) is 0 Å². The summed E-state index contributed by atoms with van der Waals surface area (Å²) in [5.74, 6) is 0. The normalized spacial score (nSPS) is 10.8. The molecule has 0 unspecified atom stereocenters. The number of fused-ring (bicyclic) bond motifs is 1. The average molecular weight is 178 g/mol. The minimum absolute atomic E-state index is 0.720. The maximum Gasteiger partial charge on any atom is 0.0811 e. The predicted molar refractivity (Wildman–Crippen MR) is 52.5 cm³/mol. The highest BCUT2D eigenvalue weighted by molar-refractivity contribution is 7.11. The Balaban J connectivity index is 2.55. The zero-order valence-corrected chi connectivity index (χ0v) is 7.73. The van der Waals surface area contributed by atoms with E-state index in [2.05, 4.69) is 29.6 Å². The summed E-state index contributed by atoms with van der Waals surface area (Å²) in [4.78, 5) is 1.31. The molecular weight excluding hydrogens is 168 g/mol. The van der Waals surface area contributed by atoms with E-state index in [1.807, 2.05) is 0 Å². The molecule has 0 spiro atoms. The highest BCUT2D eigenvalue weighted by Crippen LogP contribution is 2.25. The highest BCUT2D eigenvalue weighted by atomic mass is 32.1. The summed E-state index contributed by atoms with van der Waals surface area (Å²) in [7, 11) is 1.73. The third-order valence-corrected chi connectivity index (χ3v) is 2.86. The van der Waals surface area contributed by atoms with Crippen molar-refractivity contribution in [3.05, 3.63) is 34.5 Å². The fourth-order valence-electron chi connectivity index (χ4n) is 1.29. The predicted octanol–water partition coefficient (Wildman–Crippen LogP) is 3.05. The van der Waals surface area contributed by atoms with Gasteiger partial charge < -0.3 is 4.74 Å². The van der Waals surface area contributed by atoms with Crippen LogP contribution in [0.1, 0.15) is 4.88 Å². The zero-order chi connectivity index (χ0) is 8.39. The van der Waals surface area contributed by atoms with Gasteiger partial charge >= 0.3 is 0 Å². The summed E-state index contributed by atoms with van der Waals surface area (Å²) < 4.78 is 5.10. The van der Waals surface area contributed by atoms with Crippen LogP contribution in [0.2, 0.25) is 0 Å². The van der Waals surface area contributed by atoms with Gasteiger partial charge in [-0.15, -0.1) is 11.3 Å². The van der Waals surface area contributed by atoms with Gasteiger partial charge in [-0.2, -0.15) is 0 Å². The number of thiophene rings is 1. The van der Waals surface area contributed by atoms with Gasteiger partial charge in [-0.05, 0) is 16.2 Å². The first-order valence-corrected chi connectivity index (χ1v) is 4.74. The lowest BCUT2D eigenvalue weighted by atomic mass is 10.2. The fourth-order valence-corrected chi connectivity index (χ4v) is 2.27. The van der Waals surface area contributed by atoms with Crippen molar-refractivity contribution in [2.24, 2.45) is 0 Å². The van der Waals surface area contributed by atoms with Crippen LogP contribution in [0.15, 0.2) is 29.6 Å². The molecule has 12 heavy (non-hydrogen) atoms. The maximum absolute atomic E-state index is 5.10. The van der Waals surface area contributed by atoms with Crippen LogP contribution in [0, 0.1) is 0 Å². The van der Waals surface area contributed by atoms with Crippen LogP contribution in [0.4, 0.5) is 0 Å². The average Bonchev–Trinajstić information content (AvgIpc) is 2.50. The molecule has 0 radical (unpaired) electrons. The molecule has 0 atom stereocenters. The number of hydrogen-bond acceptors (Lipinski definition) is 2. The van der Waals surface area contributed by atoms with E-state index in [-0.39, 0.29) is 0 Å². The lowest BCUT2D eigenvalue weighted by Gasteiger charge is -1.95. The molecule has 0 aliphatic heterocycles. The van der Waals surface area contributed by atoms with Crippen molar-refractivity contribution in [2.45, 2.75) is 6.61 Å². The molecule has 0 saturated carbocycles. The number of benzene rings is 1. The molecule has 0 aliphatic carbocycles. The zero-order valence-electron chi connectivity index (χ0n) is 6.91. The van der Waals surface area contributed by atoms with Crippen LogP contribution >= 0.6 is 11.3 Å². The van der Waals surface area contributed by atoms with Gasteiger partial charge in [0.15, 0.2) is 0 Å². The van der Waals surface area contributed by atoms with Crippen LogP contribution in [0.25, 0.3) is 10.8 Å². The molecule has 0 fully saturated rings. The minimum Gasteiger partial charge on any atom is -0.379 e. The first kappa shape index (κ1) is 7.77. The van der Waals surface area contributed by atoms with Crippen LogP contribution in [0.3, 0.4) is 0 Å². The SMILES string of the molecule is COCc1scc2ccccc12. The third kappa shape index (κ3) is 1.24. The second kappa shape index (κ2) is 3.25.